The van der Waals surface area contributed by atoms with Gasteiger partial charge in [-0.15, -0.1) is 11.3 Å². The van der Waals surface area contributed by atoms with Gasteiger partial charge in [0, 0.05) is 43.0 Å². The van der Waals surface area contributed by atoms with Crippen LogP contribution in [0.1, 0.15) is 61.1 Å². The Morgan fingerprint density at radius 1 is 0.882 bits per heavy atom. The Hall–Kier alpha value is -6.16. The molecule has 3 aromatic carbocycles. The van der Waals surface area contributed by atoms with Gasteiger partial charge in [-0.25, -0.2) is 24.8 Å². The first kappa shape index (κ1) is 51.2. The van der Waals surface area contributed by atoms with Crippen molar-refractivity contribution in [1.82, 2.24) is 36.0 Å². The van der Waals surface area contributed by atoms with E-state index in [0.717, 1.165) is 34.1 Å². The molecule has 3 heterocycles. The first-order valence-corrected chi connectivity index (χ1v) is 22.6. The van der Waals surface area contributed by atoms with Gasteiger partial charge in [-0.05, 0) is 35.1 Å². The molecular formula is C48H54F3N7O9S. The van der Waals surface area contributed by atoms with Crippen LogP contribution in [-0.2, 0) is 45.9 Å². The van der Waals surface area contributed by atoms with Crippen LogP contribution >= 0.6 is 11.3 Å². The molecule has 1 aliphatic rings. The topological polar surface area (TPSA) is 214 Å². The van der Waals surface area contributed by atoms with E-state index in [9.17, 15) is 42.7 Å². The zero-order valence-electron chi connectivity index (χ0n) is 37.9. The molecule has 1 unspecified atom stereocenters. The van der Waals surface area contributed by atoms with Gasteiger partial charge in [-0.3, -0.25) is 24.4 Å². The number of ether oxygens (including phenoxy) is 3. The Morgan fingerprint density at radius 2 is 1.53 bits per heavy atom. The molecule has 4 amide bonds. The highest BCUT2D eigenvalue weighted by Crippen LogP contribution is 2.32. The smallest absolute Gasteiger partial charge is 0.299 e. The third kappa shape index (κ3) is 13.3. The van der Waals surface area contributed by atoms with Gasteiger partial charge in [0.05, 0.1) is 60.1 Å². The van der Waals surface area contributed by atoms with Crippen molar-refractivity contribution in [3.8, 4) is 21.8 Å². The lowest BCUT2D eigenvalue weighted by molar-refractivity contribution is -0.144. The van der Waals surface area contributed by atoms with Gasteiger partial charge in [0.2, 0.25) is 17.7 Å². The number of aliphatic hydroxyl groups is 1. The summed E-state index contributed by atoms with van der Waals surface area (Å²) in [6.45, 7) is 5.77. The van der Waals surface area contributed by atoms with Crippen molar-refractivity contribution in [2.24, 2.45) is 5.41 Å². The number of aromatic nitrogens is 3. The fraction of sp³-hybridized carbons (Fsp3) is 0.396. The van der Waals surface area contributed by atoms with Gasteiger partial charge in [0.15, 0.2) is 5.82 Å². The van der Waals surface area contributed by atoms with Gasteiger partial charge in [-0.1, -0.05) is 87.5 Å². The number of benzene rings is 3. The molecule has 1 saturated heterocycles. The Balaban J connectivity index is 0.889. The number of thiazole rings is 1. The molecule has 0 spiro atoms. The second kappa shape index (κ2) is 23.2. The molecule has 1 aliphatic heterocycles. The number of rotatable bonds is 21. The highest BCUT2D eigenvalue weighted by Gasteiger charge is 2.44. The number of halogens is 3. The number of likely N-dealkylation sites (tertiary alicyclic amines) is 1. The first-order chi connectivity index (χ1) is 32.5. The largest absolute Gasteiger partial charge is 0.391 e. The molecule has 2 aromatic heterocycles. The summed E-state index contributed by atoms with van der Waals surface area (Å²) >= 11 is 1.55. The van der Waals surface area contributed by atoms with Crippen molar-refractivity contribution in [1.29, 1.82) is 0 Å². The minimum atomic E-state index is -3.44. The maximum atomic E-state index is 15.0. The molecule has 4 atom stereocenters. The summed E-state index contributed by atoms with van der Waals surface area (Å²) in [5, 5.41) is 25.4. The summed E-state index contributed by atoms with van der Waals surface area (Å²) in [6, 6.07) is 17.5. The van der Waals surface area contributed by atoms with Crippen LogP contribution < -0.4 is 16.1 Å². The maximum absolute atomic E-state index is 15.0. The number of nitrogens with one attached hydrogen (secondary N) is 3. The first-order valence-electron chi connectivity index (χ1n) is 21.7. The number of hydroxylamine groups is 1. The van der Waals surface area contributed by atoms with Crippen LogP contribution in [0.5, 0.6) is 0 Å². The maximum Gasteiger partial charge on any atom is 0.299 e. The summed E-state index contributed by atoms with van der Waals surface area (Å²) in [5.74, 6) is -7.47. The van der Waals surface area contributed by atoms with E-state index in [4.69, 9.17) is 14.2 Å². The Morgan fingerprint density at radius 3 is 2.16 bits per heavy atom. The van der Waals surface area contributed by atoms with E-state index in [2.05, 4.69) is 25.6 Å². The number of hydrogen-bond acceptors (Lipinski definition) is 13. The number of β-amino-alcohol motifs (C(OH)–C–C–N with tert-alkyl or cyclic N) is 1. The minimum absolute atomic E-state index is 0.0156. The molecule has 0 radical (unpaired) electrons. The fourth-order valence-corrected chi connectivity index (χ4v) is 8.32. The second-order valence-electron chi connectivity index (χ2n) is 17.2. The third-order valence-corrected chi connectivity index (χ3v) is 12.1. The van der Waals surface area contributed by atoms with Crippen molar-refractivity contribution in [3.05, 3.63) is 124 Å². The third-order valence-electron chi connectivity index (χ3n) is 11.1. The van der Waals surface area contributed by atoms with Crippen LogP contribution in [0.25, 0.3) is 21.8 Å². The van der Waals surface area contributed by atoms with E-state index in [1.807, 2.05) is 31.2 Å². The molecule has 5 N–H and O–H groups in total. The van der Waals surface area contributed by atoms with E-state index in [1.54, 1.807) is 61.3 Å². The van der Waals surface area contributed by atoms with Crippen molar-refractivity contribution in [3.63, 3.8) is 0 Å². The zero-order valence-corrected chi connectivity index (χ0v) is 38.7. The van der Waals surface area contributed by atoms with Crippen LogP contribution in [0, 0.1) is 18.2 Å². The molecular weight excluding hydrogens is 908 g/mol. The molecule has 20 heteroatoms. The molecule has 0 bridgehead atoms. The average molecular weight is 962 g/mol. The number of amides is 4. The van der Waals surface area contributed by atoms with Crippen molar-refractivity contribution in [2.45, 2.75) is 70.7 Å². The molecule has 16 nitrogen and oxygen atoms in total. The normalized spacial score (nSPS) is 16.0. The predicted octanol–water partition coefficient (Wildman–Crippen LogP) is 5.30. The van der Waals surface area contributed by atoms with Crippen LogP contribution in [0.3, 0.4) is 0 Å². The summed E-state index contributed by atoms with van der Waals surface area (Å²) < 4.78 is 60.4. The standard InChI is InChI=1S/C48H54F3N7O9S/c1-29-41(68-28-55-29)32-11-9-30(10-12-32)22-54-44(61)38-21-35(59)25-58(38)46(63)42(47(2,3)4)56-39(60)26-66-19-17-65-18-20-67-27-48(50,51)34-23-52-43(53-24-34)33-15-13-31(14-16-33)40(45(62)57-64)36-7-5-6-8-37(36)49/h5-16,23-24,28,35,38,40,42,59,64H,17-22,25-27H2,1-4H3,(H,54,61)(H,56,60)(H,57,62)/t35-,38+,40?,42-/m1/s1. The van der Waals surface area contributed by atoms with Gasteiger partial charge in [0.1, 0.15) is 31.1 Å². The number of aryl methyl sites for hydroxylation is 1. The van der Waals surface area contributed by atoms with Crippen LogP contribution in [0.2, 0.25) is 0 Å². The highest BCUT2D eigenvalue weighted by molar-refractivity contribution is 7.13. The zero-order chi connectivity index (χ0) is 49.0. The number of carbonyl (C=O) groups excluding carboxylic acids is 4. The monoisotopic (exact) mass is 961 g/mol. The number of nitrogens with zero attached hydrogens (tertiary/aromatic N) is 4. The molecule has 0 aliphatic carbocycles. The minimum Gasteiger partial charge on any atom is -0.391 e. The fourth-order valence-electron chi connectivity index (χ4n) is 7.51. The van der Waals surface area contributed by atoms with Crippen molar-refractivity contribution < 1.29 is 56.9 Å². The average Bonchev–Trinajstić information content (AvgIpc) is 3.94. The molecule has 6 rings (SSSR count). The Labute approximate surface area is 395 Å². The van der Waals surface area contributed by atoms with Gasteiger partial charge in [-0.2, -0.15) is 8.78 Å². The van der Waals surface area contributed by atoms with Gasteiger partial charge < -0.3 is 34.9 Å². The number of hydrogen-bond donors (Lipinski definition) is 5. The second-order valence-corrected chi connectivity index (χ2v) is 18.1. The van der Waals surface area contributed by atoms with E-state index in [1.165, 1.54) is 35.2 Å². The lowest BCUT2D eigenvalue weighted by Gasteiger charge is -2.35. The number of aliphatic hydroxyl groups excluding tert-OH is 1. The highest BCUT2D eigenvalue weighted by atomic mass is 32.1. The molecule has 5 aromatic rings. The van der Waals surface area contributed by atoms with Crippen LogP contribution in [-0.4, -0.2) is 118 Å². The SMILES string of the molecule is Cc1ncsc1-c1ccc(CNC(=O)[C@@H]2C[C@@H](O)CN2C(=O)[C@@H](NC(=O)COCCOCCOCC(F)(F)c2cnc(-c3ccc(C(C(=O)NO)c4ccccc4F)cc3)nc2)C(C)(C)C)cc1. The van der Waals surface area contributed by atoms with Crippen molar-refractivity contribution in [2.75, 3.05) is 46.2 Å². The van der Waals surface area contributed by atoms with E-state index in [0.29, 0.717) is 11.1 Å². The van der Waals surface area contributed by atoms with E-state index < -0.39 is 83.7 Å². The molecule has 68 heavy (non-hydrogen) atoms. The summed E-state index contributed by atoms with van der Waals surface area (Å²) in [4.78, 5) is 67.5. The molecule has 1 fully saturated rings. The Bertz CT molecular complexity index is 2490. The van der Waals surface area contributed by atoms with Gasteiger partial charge >= 0.3 is 0 Å². The summed E-state index contributed by atoms with van der Waals surface area (Å²) in [7, 11) is 0. The summed E-state index contributed by atoms with van der Waals surface area (Å²) in [5.41, 5.74) is 5.76. The number of alkyl halides is 2. The number of carbonyl (C=O) groups is 4. The predicted molar refractivity (Wildman–Crippen MR) is 244 cm³/mol. The van der Waals surface area contributed by atoms with E-state index in [-0.39, 0.29) is 57.3 Å². The van der Waals surface area contributed by atoms with Crippen LogP contribution in [0.4, 0.5) is 13.2 Å². The van der Waals surface area contributed by atoms with Crippen LogP contribution in [0.15, 0.2) is 90.7 Å². The quantitative estimate of drug-likeness (QED) is 0.0360. The van der Waals surface area contributed by atoms with Gasteiger partial charge in [0.25, 0.3) is 11.8 Å². The molecule has 362 valence electrons. The lowest BCUT2D eigenvalue weighted by Crippen LogP contribution is -2.58. The lowest BCUT2D eigenvalue weighted by atomic mass is 9.85. The summed E-state index contributed by atoms with van der Waals surface area (Å²) in [6.07, 6.45) is 1.08. The van der Waals surface area contributed by atoms with E-state index >= 15 is 0 Å². The Kier molecular flexibility index (Phi) is 17.5. The van der Waals surface area contributed by atoms with Crippen molar-refractivity contribution >= 4 is 35.0 Å². The molecule has 0 saturated carbocycles.